The van der Waals surface area contributed by atoms with Gasteiger partial charge in [0, 0.05) is 17.7 Å². The highest BCUT2D eigenvalue weighted by Crippen LogP contribution is 2.33. The molecule has 0 radical (unpaired) electrons. The molecule has 0 saturated carbocycles. The molecule has 0 aliphatic rings. The van der Waals surface area contributed by atoms with Crippen molar-refractivity contribution >= 4 is 6.08 Å². The van der Waals surface area contributed by atoms with E-state index in [1.165, 1.54) is 0 Å². The molecule has 2 aromatic rings. The summed E-state index contributed by atoms with van der Waals surface area (Å²) < 4.78 is 10.4. The van der Waals surface area contributed by atoms with Crippen molar-refractivity contribution in [3.05, 3.63) is 59.7 Å². The molecule has 0 atom stereocenters. The molecular weight excluding hydrogens is 252 g/mol. The molecule has 2 rings (SSSR count). The van der Waals surface area contributed by atoms with E-state index in [1.807, 2.05) is 42.5 Å². The van der Waals surface area contributed by atoms with Gasteiger partial charge in [0.25, 0.3) is 0 Å². The summed E-state index contributed by atoms with van der Waals surface area (Å²) in [4.78, 5) is 0. The quantitative estimate of drug-likeness (QED) is 0.901. The third kappa shape index (κ3) is 3.32. The molecule has 0 heterocycles. The standard InChI is InChI=1S/C17H18O3/c1-19-14-11-16(18)15(17(12-14)20-2)10-6-9-13-7-4-3-5-8-13/h3-9,11-12,18H,10H2,1-2H3. The normalized spacial score (nSPS) is 10.7. The van der Waals surface area contributed by atoms with Crippen molar-refractivity contribution < 1.29 is 14.6 Å². The molecule has 3 heteroatoms. The van der Waals surface area contributed by atoms with Crippen molar-refractivity contribution in [2.24, 2.45) is 0 Å². The summed E-state index contributed by atoms with van der Waals surface area (Å²) in [5, 5.41) is 10.0. The van der Waals surface area contributed by atoms with Crippen LogP contribution < -0.4 is 9.47 Å². The van der Waals surface area contributed by atoms with Gasteiger partial charge in [-0.05, 0) is 12.0 Å². The fourth-order valence-corrected chi connectivity index (χ4v) is 1.99. The Hall–Kier alpha value is -2.42. The summed E-state index contributed by atoms with van der Waals surface area (Å²) in [7, 11) is 3.14. The first kappa shape index (κ1) is 14.0. The first-order chi connectivity index (χ1) is 9.74. The molecule has 0 saturated heterocycles. The van der Waals surface area contributed by atoms with Crippen LogP contribution in [0.15, 0.2) is 48.5 Å². The number of hydrogen-bond donors (Lipinski definition) is 1. The maximum atomic E-state index is 10.0. The van der Waals surface area contributed by atoms with Gasteiger partial charge in [-0.25, -0.2) is 0 Å². The van der Waals surface area contributed by atoms with E-state index < -0.39 is 0 Å². The lowest BCUT2D eigenvalue weighted by Crippen LogP contribution is -1.93. The second-order valence-electron chi connectivity index (χ2n) is 4.34. The zero-order valence-electron chi connectivity index (χ0n) is 11.7. The van der Waals surface area contributed by atoms with E-state index in [-0.39, 0.29) is 5.75 Å². The summed E-state index contributed by atoms with van der Waals surface area (Å²) in [5.74, 6) is 1.38. The van der Waals surface area contributed by atoms with E-state index in [0.717, 1.165) is 11.1 Å². The van der Waals surface area contributed by atoms with Gasteiger partial charge in [0.05, 0.1) is 14.2 Å². The van der Waals surface area contributed by atoms with E-state index in [0.29, 0.717) is 17.9 Å². The lowest BCUT2D eigenvalue weighted by Gasteiger charge is -2.11. The molecule has 3 nitrogen and oxygen atoms in total. The van der Waals surface area contributed by atoms with Crippen LogP contribution >= 0.6 is 0 Å². The average molecular weight is 270 g/mol. The Morgan fingerprint density at radius 3 is 2.45 bits per heavy atom. The Kier molecular flexibility index (Phi) is 4.66. The number of benzene rings is 2. The van der Waals surface area contributed by atoms with Crippen LogP contribution in [0.4, 0.5) is 0 Å². The molecule has 0 aliphatic heterocycles. The van der Waals surface area contributed by atoms with Gasteiger partial charge in [-0.2, -0.15) is 0 Å². The van der Waals surface area contributed by atoms with Crippen LogP contribution in [0.5, 0.6) is 17.2 Å². The number of phenolic OH excluding ortho intramolecular Hbond substituents is 1. The predicted molar refractivity (Wildman–Crippen MR) is 80.4 cm³/mol. The van der Waals surface area contributed by atoms with Crippen LogP contribution in [-0.4, -0.2) is 19.3 Å². The summed E-state index contributed by atoms with van der Waals surface area (Å²) in [6.45, 7) is 0. The van der Waals surface area contributed by atoms with Gasteiger partial charge in [-0.1, -0.05) is 42.5 Å². The van der Waals surface area contributed by atoms with Crippen molar-refractivity contribution in [2.75, 3.05) is 14.2 Å². The van der Waals surface area contributed by atoms with Gasteiger partial charge >= 0.3 is 0 Å². The first-order valence-electron chi connectivity index (χ1n) is 6.40. The number of allylic oxidation sites excluding steroid dienone is 1. The summed E-state index contributed by atoms with van der Waals surface area (Å²) in [5.41, 5.74) is 1.87. The van der Waals surface area contributed by atoms with Gasteiger partial charge < -0.3 is 14.6 Å². The second kappa shape index (κ2) is 6.66. The van der Waals surface area contributed by atoms with E-state index in [1.54, 1.807) is 26.4 Å². The topological polar surface area (TPSA) is 38.7 Å². The third-order valence-corrected chi connectivity index (χ3v) is 3.05. The van der Waals surface area contributed by atoms with Crippen LogP contribution in [0.2, 0.25) is 0 Å². The molecule has 0 bridgehead atoms. The fourth-order valence-electron chi connectivity index (χ4n) is 1.99. The lowest BCUT2D eigenvalue weighted by molar-refractivity contribution is 0.380. The maximum Gasteiger partial charge on any atom is 0.129 e. The molecule has 0 amide bonds. The average Bonchev–Trinajstić information content (AvgIpc) is 2.49. The lowest BCUT2D eigenvalue weighted by atomic mass is 10.1. The summed E-state index contributed by atoms with van der Waals surface area (Å²) in [6.07, 6.45) is 4.61. The summed E-state index contributed by atoms with van der Waals surface area (Å²) >= 11 is 0. The van der Waals surface area contributed by atoms with Gasteiger partial charge in [0.15, 0.2) is 0 Å². The Balaban J connectivity index is 2.19. The third-order valence-electron chi connectivity index (χ3n) is 3.05. The molecule has 104 valence electrons. The molecule has 0 aromatic heterocycles. The Morgan fingerprint density at radius 1 is 1.05 bits per heavy atom. The molecule has 2 aromatic carbocycles. The number of rotatable bonds is 5. The molecule has 0 unspecified atom stereocenters. The van der Waals surface area contributed by atoms with Gasteiger partial charge in [-0.15, -0.1) is 0 Å². The molecule has 0 aliphatic carbocycles. The zero-order valence-corrected chi connectivity index (χ0v) is 11.7. The minimum absolute atomic E-state index is 0.180. The number of ether oxygens (including phenoxy) is 2. The summed E-state index contributed by atoms with van der Waals surface area (Å²) in [6, 6.07) is 13.4. The van der Waals surface area contributed by atoms with Crippen molar-refractivity contribution in [1.29, 1.82) is 0 Å². The van der Waals surface area contributed by atoms with Crippen LogP contribution in [-0.2, 0) is 6.42 Å². The highest BCUT2D eigenvalue weighted by molar-refractivity contribution is 5.54. The van der Waals surface area contributed by atoms with E-state index in [9.17, 15) is 5.11 Å². The molecule has 1 N–H and O–H groups in total. The largest absolute Gasteiger partial charge is 0.507 e. The second-order valence-corrected chi connectivity index (χ2v) is 4.34. The van der Waals surface area contributed by atoms with Gasteiger partial charge in [0.2, 0.25) is 0 Å². The first-order valence-corrected chi connectivity index (χ1v) is 6.40. The monoisotopic (exact) mass is 270 g/mol. The fraction of sp³-hybridized carbons (Fsp3) is 0.176. The zero-order chi connectivity index (χ0) is 14.4. The van der Waals surface area contributed by atoms with Crippen molar-refractivity contribution in [1.82, 2.24) is 0 Å². The van der Waals surface area contributed by atoms with Gasteiger partial charge in [-0.3, -0.25) is 0 Å². The molecule has 0 spiro atoms. The minimum Gasteiger partial charge on any atom is -0.507 e. The molecule has 0 fully saturated rings. The number of aromatic hydroxyl groups is 1. The Labute approximate surface area is 119 Å². The van der Waals surface area contributed by atoms with Crippen molar-refractivity contribution in [3.63, 3.8) is 0 Å². The number of hydrogen-bond acceptors (Lipinski definition) is 3. The Bertz CT molecular complexity index is 589. The number of methoxy groups -OCH3 is 2. The predicted octanol–water partition coefficient (Wildman–Crippen LogP) is 3.67. The van der Waals surface area contributed by atoms with Crippen molar-refractivity contribution in [3.8, 4) is 17.2 Å². The van der Waals surface area contributed by atoms with Gasteiger partial charge in [0.1, 0.15) is 17.2 Å². The van der Waals surface area contributed by atoms with Crippen molar-refractivity contribution in [2.45, 2.75) is 6.42 Å². The van der Waals surface area contributed by atoms with E-state index in [2.05, 4.69) is 0 Å². The highest BCUT2D eigenvalue weighted by atomic mass is 16.5. The minimum atomic E-state index is 0.180. The van der Waals surface area contributed by atoms with Crippen LogP contribution in [0.3, 0.4) is 0 Å². The van der Waals surface area contributed by atoms with Crippen LogP contribution in [0, 0.1) is 0 Å². The SMILES string of the molecule is COc1cc(O)c(CC=Cc2ccccc2)c(OC)c1. The smallest absolute Gasteiger partial charge is 0.129 e. The number of phenols is 1. The van der Waals surface area contributed by atoms with Crippen LogP contribution in [0.25, 0.3) is 6.08 Å². The molecular formula is C17H18O3. The van der Waals surface area contributed by atoms with E-state index in [4.69, 9.17) is 9.47 Å². The highest BCUT2D eigenvalue weighted by Gasteiger charge is 2.10. The molecule has 20 heavy (non-hydrogen) atoms. The Morgan fingerprint density at radius 2 is 1.80 bits per heavy atom. The van der Waals surface area contributed by atoms with E-state index >= 15 is 0 Å². The van der Waals surface area contributed by atoms with Crippen LogP contribution in [0.1, 0.15) is 11.1 Å². The maximum absolute atomic E-state index is 10.0.